The summed E-state index contributed by atoms with van der Waals surface area (Å²) in [6.07, 6.45) is 1.83. The molecule has 1 amide bonds. The predicted octanol–water partition coefficient (Wildman–Crippen LogP) is 4.13. The molecule has 144 valence electrons. The fourth-order valence-electron chi connectivity index (χ4n) is 3.15. The summed E-state index contributed by atoms with van der Waals surface area (Å²) in [5.41, 5.74) is 2.67. The van der Waals surface area contributed by atoms with Crippen LogP contribution < -0.4 is 10.9 Å². The molecule has 0 saturated heterocycles. The summed E-state index contributed by atoms with van der Waals surface area (Å²) >= 11 is 0. The van der Waals surface area contributed by atoms with Gasteiger partial charge in [-0.25, -0.2) is 4.68 Å². The lowest BCUT2D eigenvalue weighted by Gasteiger charge is -2.16. The number of aromatic nitrogens is 2. The third kappa shape index (κ3) is 4.03. The lowest BCUT2D eigenvalue weighted by Crippen LogP contribution is -2.35. The number of rotatable bonds is 7. The predicted molar refractivity (Wildman–Crippen MR) is 112 cm³/mol. The number of unbranched alkanes of at least 4 members (excludes halogenated alkanes) is 1. The van der Waals surface area contributed by atoms with E-state index in [-0.39, 0.29) is 17.0 Å². The molecule has 0 unspecified atom stereocenters. The second kappa shape index (κ2) is 9.13. The van der Waals surface area contributed by atoms with Crippen LogP contribution in [0.2, 0.25) is 0 Å². The van der Waals surface area contributed by atoms with E-state index in [1.165, 1.54) is 4.68 Å². The van der Waals surface area contributed by atoms with Crippen molar-refractivity contribution in [2.45, 2.75) is 33.2 Å². The minimum atomic E-state index is -0.366. The van der Waals surface area contributed by atoms with Gasteiger partial charge in [-0.15, -0.1) is 0 Å². The molecule has 1 N–H and O–H groups in total. The zero-order valence-corrected chi connectivity index (χ0v) is 16.3. The van der Waals surface area contributed by atoms with Crippen molar-refractivity contribution in [1.82, 2.24) is 15.1 Å². The van der Waals surface area contributed by atoms with E-state index in [9.17, 15) is 9.59 Å². The number of amides is 1. The van der Waals surface area contributed by atoms with E-state index in [1.54, 1.807) is 0 Å². The van der Waals surface area contributed by atoms with Crippen LogP contribution in [-0.4, -0.2) is 22.2 Å². The largest absolute Gasteiger partial charge is 0.352 e. The summed E-state index contributed by atoms with van der Waals surface area (Å²) < 4.78 is 1.36. The van der Waals surface area contributed by atoms with Gasteiger partial charge in [0.2, 0.25) is 0 Å². The highest BCUT2D eigenvalue weighted by Gasteiger charge is 2.24. The van der Waals surface area contributed by atoms with Crippen LogP contribution in [0.5, 0.6) is 0 Å². The van der Waals surface area contributed by atoms with Gasteiger partial charge in [-0.05, 0) is 18.9 Å². The van der Waals surface area contributed by atoms with Crippen molar-refractivity contribution in [2.24, 2.45) is 0 Å². The Bertz CT molecular complexity index is 996. The van der Waals surface area contributed by atoms with Crippen LogP contribution in [0, 0.1) is 0 Å². The van der Waals surface area contributed by atoms with Crippen molar-refractivity contribution in [3.8, 4) is 22.4 Å². The van der Waals surface area contributed by atoms with E-state index in [0.29, 0.717) is 24.3 Å². The first-order valence-corrected chi connectivity index (χ1v) is 9.71. The molecule has 0 fully saturated rings. The van der Waals surface area contributed by atoms with Crippen molar-refractivity contribution < 1.29 is 4.79 Å². The SMILES string of the molecule is CCCCNC(=O)c1c(-c2ccccc2)c(-c2ccccc2)nn(CC)c1=O. The lowest BCUT2D eigenvalue weighted by atomic mass is 9.95. The standard InChI is InChI=1S/C23H25N3O2/c1-3-5-16-24-22(27)20-19(17-12-8-6-9-13-17)21(18-14-10-7-11-15-18)25-26(4-2)23(20)28/h6-15H,3-5,16H2,1-2H3,(H,24,27). The van der Waals surface area contributed by atoms with Crippen LogP contribution in [-0.2, 0) is 6.54 Å². The van der Waals surface area contributed by atoms with Crippen LogP contribution in [0.4, 0.5) is 0 Å². The van der Waals surface area contributed by atoms with E-state index >= 15 is 0 Å². The molecule has 1 heterocycles. The van der Waals surface area contributed by atoms with Gasteiger partial charge in [-0.2, -0.15) is 5.10 Å². The van der Waals surface area contributed by atoms with Crippen LogP contribution in [0.25, 0.3) is 22.4 Å². The van der Waals surface area contributed by atoms with Crippen molar-refractivity contribution in [1.29, 1.82) is 0 Å². The fourth-order valence-corrected chi connectivity index (χ4v) is 3.15. The average Bonchev–Trinajstić information content (AvgIpc) is 2.74. The monoisotopic (exact) mass is 375 g/mol. The molecule has 0 aliphatic rings. The Hall–Kier alpha value is -3.21. The zero-order valence-electron chi connectivity index (χ0n) is 16.3. The Kier molecular flexibility index (Phi) is 6.37. The van der Waals surface area contributed by atoms with Crippen molar-refractivity contribution in [3.63, 3.8) is 0 Å². The molecular weight excluding hydrogens is 350 g/mol. The molecule has 0 bridgehead atoms. The maximum Gasteiger partial charge on any atom is 0.280 e. The first kappa shape index (κ1) is 19.5. The van der Waals surface area contributed by atoms with Gasteiger partial charge < -0.3 is 5.32 Å². The molecule has 5 nitrogen and oxygen atoms in total. The molecule has 0 saturated carbocycles. The summed E-state index contributed by atoms with van der Waals surface area (Å²) in [7, 11) is 0. The number of carbonyl (C=O) groups excluding carboxylic acids is 1. The lowest BCUT2D eigenvalue weighted by molar-refractivity contribution is 0.0951. The molecule has 0 atom stereocenters. The Morgan fingerprint density at radius 1 is 0.964 bits per heavy atom. The van der Waals surface area contributed by atoms with Crippen LogP contribution >= 0.6 is 0 Å². The van der Waals surface area contributed by atoms with E-state index in [4.69, 9.17) is 0 Å². The maximum atomic E-state index is 13.1. The molecular formula is C23H25N3O2. The topological polar surface area (TPSA) is 64.0 Å². The number of nitrogens with one attached hydrogen (secondary N) is 1. The molecule has 3 aromatic rings. The van der Waals surface area contributed by atoms with Gasteiger partial charge in [0, 0.05) is 24.2 Å². The second-order valence-corrected chi connectivity index (χ2v) is 6.56. The molecule has 0 spiro atoms. The van der Waals surface area contributed by atoms with Crippen molar-refractivity contribution >= 4 is 5.91 Å². The average molecular weight is 375 g/mol. The molecule has 1 aromatic heterocycles. The van der Waals surface area contributed by atoms with Gasteiger partial charge in [-0.1, -0.05) is 74.0 Å². The smallest absolute Gasteiger partial charge is 0.280 e. The summed E-state index contributed by atoms with van der Waals surface area (Å²) in [6.45, 7) is 4.84. The molecule has 28 heavy (non-hydrogen) atoms. The zero-order chi connectivity index (χ0) is 19.9. The first-order chi connectivity index (χ1) is 13.7. The van der Waals surface area contributed by atoms with E-state index in [0.717, 1.165) is 24.0 Å². The molecule has 0 radical (unpaired) electrons. The third-order valence-electron chi connectivity index (χ3n) is 4.61. The second-order valence-electron chi connectivity index (χ2n) is 6.56. The molecule has 0 aliphatic heterocycles. The number of aryl methyl sites for hydroxylation is 1. The highest BCUT2D eigenvalue weighted by Crippen LogP contribution is 2.31. The molecule has 0 aliphatic carbocycles. The Balaban J connectivity index is 2.29. The minimum Gasteiger partial charge on any atom is -0.352 e. The number of hydrogen-bond donors (Lipinski definition) is 1. The van der Waals surface area contributed by atoms with E-state index in [1.807, 2.05) is 67.6 Å². The Morgan fingerprint density at radius 2 is 1.57 bits per heavy atom. The van der Waals surface area contributed by atoms with Crippen molar-refractivity contribution in [2.75, 3.05) is 6.54 Å². The summed E-state index contributed by atoms with van der Waals surface area (Å²) in [5.74, 6) is -0.348. The molecule has 3 rings (SSSR count). The normalized spacial score (nSPS) is 10.6. The van der Waals surface area contributed by atoms with Gasteiger partial charge in [0.15, 0.2) is 0 Å². The van der Waals surface area contributed by atoms with Crippen LogP contribution in [0.3, 0.4) is 0 Å². The Labute approximate surface area is 165 Å². The van der Waals surface area contributed by atoms with E-state index < -0.39 is 0 Å². The summed E-state index contributed by atoms with van der Waals surface area (Å²) in [6, 6.07) is 19.2. The minimum absolute atomic E-state index is 0.151. The van der Waals surface area contributed by atoms with Gasteiger partial charge in [0.25, 0.3) is 11.5 Å². The van der Waals surface area contributed by atoms with Gasteiger partial charge in [-0.3, -0.25) is 9.59 Å². The van der Waals surface area contributed by atoms with Crippen LogP contribution in [0.15, 0.2) is 65.5 Å². The highest BCUT2D eigenvalue weighted by molar-refractivity contribution is 6.03. The quantitative estimate of drug-likeness (QED) is 0.632. The number of carbonyl (C=O) groups is 1. The Morgan fingerprint density at radius 3 is 2.14 bits per heavy atom. The van der Waals surface area contributed by atoms with Gasteiger partial charge in [0.05, 0.1) is 5.69 Å². The van der Waals surface area contributed by atoms with Crippen molar-refractivity contribution in [3.05, 3.63) is 76.6 Å². The van der Waals surface area contributed by atoms with Gasteiger partial charge in [0.1, 0.15) is 5.56 Å². The van der Waals surface area contributed by atoms with E-state index in [2.05, 4.69) is 17.3 Å². The maximum absolute atomic E-state index is 13.1. The molecule has 2 aromatic carbocycles. The highest BCUT2D eigenvalue weighted by atomic mass is 16.2. The number of benzene rings is 2. The van der Waals surface area contributed by atoms with Gasteiger partial charge >= 0.3 is 0 Å². The first-order valence-electron chi connectivity index (χ1n) is 9.71. The number of nitrogens with zero attached hydrogens (tertiary/aromatic N) is 2. The molecule has 5 heteroatoms. The summed E-state index contributed by atoms with van der Waals surface area (Å²) in [4.78, 5) is 26.1. The summed E-state index contributed by atoms with van der Waals surface area (Å²) in [5, 5.41) is 7.50. The fraction of sp³-hybridized carbons (Fsp3) is 0.261. The third-order valence-corrected chi connectivity index (χ3v) is 4.61. The van der Waals surface area contributed by atoms with Crippen LogP contribution in [0.1, 0.15) is 37.0 Å². The number of hydrogen-bond acceptors (Lipinski definition) is 3.